The third-order valence-corrected chi connectivity index (χ3v) is 5.85. The molecule has 0 fully saturated rings. The van der Waals surface area contributed by atoms with Crippen molar-refractivity contribution in [1.82, 2.24) is 10.3 Å². The van der Waals surface area contributed by atoms with Crippen LogP contribution in [0, 0.1) is 0 Å². The molecule has 1 amide bonds. The quantitative estimate of drug-likeness (QED) is 0.319. The maximum atomic E-state index is 12.3. The van der Waals surface area contributed by atoms with Gasteiger partial charge in [-0.1, -0.05) is 49.7 Å². The van der Waals surface area contributed by atoms with Gasteiger partial charge in [-0.05, 0) is 72.6 Å². The smallest absolute Gasteiger partial charge is 0.257 e. The topological polar surface area (TPSA) is 67.2 Å². The lowest BCUT2D eigenvalue weighted by atomic mass is 9.98. The van der Waals surface area contributed by atoms with E-state index in [9.17, 15) is 4.79 Å². The van der Waals surface area contributed by atoms with Gasteiger partial charge in [-0.25, -0.2) is 4.98 Å². The second-order valence-corrected chi connectivity index (χ2v) is 8.34. The molecule has 7 heteroatoms. The molecule has 0 aliphatic heterocycles. The van der Waals surface area contributed by atoms with Gasteiger partial charge in [0.25, 0.3) is 5.91 Å². The molecule has 2 N–H and O–H groups in total. The summed E-state index contributed by atoms with van der Waals surface area (Å²) in [5.74, 6) is 0.643. The molecule has 5 nitrogen and oxygen atoms in total. The molecule has 32 heavy (non-hydrogen) atoms. The van der Waals surface area contributed by atoms with E-state index in [-0.39, 0.29) is 11.0 Å². The number of hydrogen-bond donors (Lipinski definition) is 2. The van der Waals surface area contributed by atoms with Gasteiger partial charge in [0.15, 0.2) is 10.7 Å². The fourth-order valence-corrected chi connectivity index (χ4v) is 3.65. The highest BCUT2D eigenvalue weighted by Gasteiger charge is 2.14. The first kappa shape index (κ1) is 22.0. The van der Waals surface area contributed by atoms with Gasteiger partial charge < -0.3 is 9.73 Å². The number of nitrogens with zero attached hydrogens (tertiary/aromatic N) is 1. The number of anilines is 1. The normalized spacial score (nSPS) is 11.8. The van der Waals surface area contributed by atoms with E-state index in [0.717, 1.165) is 23.1 Å². The number of thiocarbonyl (C=S) groups is 1. The molecule has 1 atom stereocenters. The highest BCUT2D eigenvalue weighted by atomic mass is 35.5. The zero-order valence-corrected chi connectivity index (χ0v) is 19.3. The van der Waals surface area contributed by atoms with E-state index in [0.29, 0.717) is 28.1 Å². The highest BCUT2D eigenvalue weighted by Crippen LogP contribution is 2.31. The van der Waals surface area contributed by atoms with Gasteiger partial charge in [-0.15, -0.1) is 0 Å². The van der Waals surface area contributed by atoms with Crippen molar-refractivity contribution in [2.45, 2.75) is 26.2 Å². The first-order chi connectivity index (χ1) is 15.4. The van der Waals surface area contributed by atoms with E-state index >= 15 is 0 Å². The maximum absolute atomic E-state index is 12.3. The molecule has 1 aromatic heterocycles. The summed E-state index contributed by atoms with van der Waals surface area (Å²) in [6, 6.07) is 20.3. The van der Waals surface area contributed by atoms with E-state index in [2.05, 4.69) is 41.6 Å². The Labute approximate surface area is 196 Å². The van der Waals surface area contributed by atoms with E-state index in [1.165, 1.54) is 5.56 Å². The van der Waals surface area contributed by atoms with Gasteiger partial charge in [-0.3, -0.25) is 10.1 Å². The molecule has 0 radical (unpaired) electrons. The molecule has 0 bridgehead atoms. The van der Waals surface area contributed by atoms with Crippen LogP contribution in [0.3, 0.4) is 0 Å². The van der Waals surface area contributed by atoms with Crippen LogP contribution in [0.1, 0.15) is 42.1 Å². The summed E-state index contributed by atoms with van der Waals surface area (Å²) in [6.45, 7) is 4.36. The molecule has 4 aromatic rings. The number of nitrogens with one attached hydrogen (secondary N) is 2. The monoisotopic (exact) mass is 463 g/mol. The van der Waals surface area contributed by atoms with E-state index in [4.69, 9.17) is 28.2 Å². The standard InChI is InChI=1S/C25H22ClN3O2S/c1-3-15(2)17-10-12-22-21(13-17)27-24(31-22)18-9-11-19(26)20(14-18)28-25(32)29-23(30)16-7-5-4-6-8-16/h4-15H,3H2,1-2H3,(H2,28,29,30,32)/t15-/m0/s1. The van der Waals surface area contributed by atoms with Crippen molar-refractivity contribution < 1.29 is 9.21 Å². The number of carbonyl (C=O) groups is 1. The molecule has 0 saturated heterocycles. The van der Waals surface area contributed by atoms with Crippen LogP contribution in [0.5, 0.6) is 0 Å². The van der Waals surface area contributed by atoms with Crippen LogP contribution in [0.15, 0.2) is 71.1 Å². The van der Waals surface area contributed by atoms with Gasteiger partial charge in [-0.2, -0.15) is 0 Å². The lowest BCUT2D eigenvalue weighted by molar-refractivity contribution is 0.0977. The van der Waals surface area contributed by atoms with Crippen LogP contribution in [0.2, 0.25) is 5.02 Å². The van der Waals surface area contributed by atoms with Crippen molar-refractivity contribution in [2.75, 3.05) is 5.32 Å². The van der Waals surface area contributed by atoms with E-state index < -0.39 is 0 Å². The Balaban J connectivity index is 1.54. The number of aromatic nitrogens is 1. The molecule has 3 aromatic carbocycles. The first-order valence-corrected chi connectivity index (χ1v) is 11.1. The summed E-state index contributed by atoms with van der Waals surface area (Å²) in [5, 5.41) is 6.25. The predicted octanol–water partition coefficient (Wildman–Crippen LogP) is 6.79. The van der Waals surface area contributed by atoms with Crippen LogP contribution >= 0.6 is 23.8 Å². The van der Waals surface area contributed by atoms with Gasteiger partial charge in [0, 0.05) is 11.1 Å². The molecule has 162 valence electrons. The molecular weight excluding hydrogens is 442 g/mol. The third-order valence-electron chi connectivity index (χ3n) is 5.32. The number of halogens is 1. The zero-order valence-electron chi connectivity index (χ0n) is 17.7. The lowest BCUT2D eigenvalue weighted by Crippen LogP contribution is -2.34. The predicted molar refractivity (Wildman–Crippen MR) is 133 cm³/mol. The van der Waals surface area contributed by atoms with Crippen molar-refractivity contribution >= 4 is 51.6 Å². The van der Waals surface area contributed by atoms with E-state index in [1.54, 1.807) is 36.4 Å². The van der Waals surface area contributed by atoms with Crippen LogP contribution < -0.4 is 10.6 Å². The van der Waals surface area contributed by atoms with E-state index in [1.807, 2.05) is 18.2 Å². The zero-order chi connectivity index (χ0) is 22.7. The van der Waals surface area contributed by atoms with Crippen molar-refractivity contribution in [2.24, 2.45) is 0 Å². The fourth-order valence-electron chi connectivity index (χ4n) is 3.28. The minimum absolute atomic E-state index is 0.147. The molecule has 0 aliphatic carbocycles. The van der Waals surface area contributed by atoms with Gasteiger partial charge >= 0.3 is 0 Å². The Hall–Kier alpha value is -3.22. The summed E-state index contributed by atoms with van der Waals surface area (Å²) < 4.78 is 5.96. The Kier molecular flexibility index (Phi) is 6.53. The maximum Gasteiger partial charge on any atom is 0.257 e. The molecule has 0 unspecified atom stereocenters. The average molecular weight is 464 g/mol. The summed E-state index contributed by atoms with van der Waals surface area (Å²) in [7, 11) is 0. The minimum atomic E-state index is -0.300. The average Bonchev–Trinajstić information content (AvgIpc) is 3.24. The number of benzene rings is 3. The SMILES string of the molecule is CC[C@H](C)c1ccc2oc(-c3ccc(Cl)c(NC(=S)NC(=O)c4ccccc4)c3)nc2c1. The van der Waals surface area contributed by atoms with Gasteiger partial charge in [0.05, 0.1) is 10.7 Å². The molecule has 4 rings (SSSR count). The third kappa shape index (κ3) is 4.82. The Morgan fingerprint density at radius 1 is 1.12 bits per heavy atom. The summed E-state index contributed by atoms with van der Waals surface area (Å²) in [5.41, 5.74) is 4.58. The van der Waals surface area contributed by atoms with Crippen molar-refractivity contribution in [3.63, 3.8) is 0 Å². The summed E-state index contributed by atoms with van der Waals surface area (Å²) >= 11 is 11.6. The first-order valence-electron chi connectivity index (χ1n) is 10.3. The van der Waals surface area contributed by atoms with Crippen molar-refractivity contribution in [3.05, 3.63) is 82.9 Å². The van der Waals surface area contributed by atoms with Crippen LogP contribution in [-0.2, 0) is 0 Å². The fraction of sp³-hybridized carbons (Fsp3) is 0.160. The number of amides is 1. The summed E-state index contributed by atoms with van der Waals surface area (Å²) in [6.07, 6.45) is 1.06. The number of rotatable bonds is 5. The number of hydrogen-bond acceptors (Lipinski definition) is 4. The highest BCUT2D eigenvalue weighted by molar-refractivity contribution is 7.80. The second kappa shape index (κ2) is 9.51. The molecule has 0 spiro atoms. The molecule has 1 heterocycles. The van der Waals surface area contributed by atoms with Crippen LogP contribution in [-0.4, -0.2) is 16.0 Å². The van der Waals surface area contributed by atoms with Crippen LogP contribution in [0.25, 0.3) is 22.6 Å². The molecular formula is C25H22ClN3O2S. The lowest BCUT2D eigenvalue weighted by Gasteiger charge is -2.11. The van der Waals surface area contributed by atoms with Crippen molar-refractivity contribution in [3.8, 4) is 11.5 Å². The Morgan fingerprint density at radius 2 is 1.91 bits per heavy atom. The number of carbonyl (C=O) groups excluding carboxylic acids is 1. The largest absolute Gasteiger partial charge is 0.436 e. The van der Waals surface area contributed by atoms with Crippen LogP contribution in [0.4, 0.5) is 5.69 Å². The number of fused-ring (bicyclic) bond motifs is 1. The Bertz CT molecular complexity index is 1290. The van der Waals surface area contributed by atoms with Crippen molar-refractivity contribution in [1.29, 1.82) is 0 Å². The Morgan fingerprint density at radius 3 is 2.66 bits per heavy atom. The van der Waals surface area contributed by atoms with Gasteiger partial charge in [0.1, 0.15) is 5.52 Å². The number of oxazole rings is 1. The van der Waals surface area contributed by atoms with Gasteiger partial charge in [0.2, 0.25) is 5.89 Å². The molecule has 0 aliphatic rings. The second-order valence-electron chi connectivity index (χ2n) is 7.52. The summed E-state index contributed by atoms with van der Waals surface area (Å²) in [4.78, 5) is 17.0. The minimum Gasteiger partial charge on any atom is -0.436 e. The molecule has 0 saturated carbocycles.